The molecule has 3 N–H and O–H groups in total. The van der Waals surface area contributed by atoms with Gasteiger partial charge in [0.1, 0.15) is 11.7 Å². The minimum Gasteiger partial charge on any atom is -0.451 e. The summed E-state index contributed by atoms with van der Waals surface area (Å²) in [6.45, 7) is 3.97. The minimum absolute atomic E-state index is 0.0308. The highest BCUT2D eigenvalue weighted by Crippen LogP contribution is 2.23. The number of ether oxygens (including phenoxy) is 1. The second-order valence-electron chi connectivity index (χ2n) is 7.02. The monoisotopic (exact) mass is 422 g/mol. The van der Waals surface area contributed by atoms with Crippen molar-refractivity contribution in [3.63, 3.8) is 0 Å². The van der Waals surface area contributed by atoms with E-state index in [-0.39, 0.29) is 24.1 Å². The summed E-state index contributed by atoms with van der Waals surface area (Å²) in [6.07, 6.45) is -0.785. The molecule has 0 aliphatic carbocycles. The van der Waals surface area contributed by atoms with Crippen molar-refractivity contribution in [3.05, 3.63) is 88.5 Å². The number of methoxy groups -OCH3 is 1. The molecule has 160 valence electrons. The van der Waals surface area contributed by atoms with Crippen molar-refractivity contribution in [1.29, 1.82) is 0 Å². The maximum absolute atomic E-state index is 13.4. The molecular formula is C23H23FN4O3. The van der Waals surface area contributed by atoms with E-state index in [2.05, 4.69) is 14.7 Å². The normalized spacial score (nSPS) is 11.3. The van der Waals surface area contributed by atoms with Gasteiger partial charge < -0.3 is 20.4 Å². The van der Waals surface area contributed by atoms with Gasteiger partial charge in [0, 0.05) is 22.6 Å². The molecular weight excluding hydrogens is 399 g/mol. The molecule has 2 amide bonds. The zero-order chi connectivity index (χ0) is 22.5. The molecule has 0 aliphatic rings. The highest BCUT2D eigenvalue weighted by atomic mass is 19.1. The summed E-state index contributed by atoms with van der Waals surface area (Å²) in [5.74, 6) is -0.554. The smallest absolute Gasteiger partial charge is 0.435 e. The molecule has 8 heteroatoms. The fraction of sp³-hybridized carbons (Fsp3) is 0.174. The van der Waals surface area contributed by atoms with Gasteiger partial charge in [0.25, 0.3) is 5.91 Å². The van der Waals surface area contributed by atoms with Gasteiger partial charge in [-0.3, -0.25) is 4.79 Å². The second kappa shape index (κ2) is 9.25. The molecule has 0 atom stereocenters. The molecule has 2 aromatic carbocycles. The van der Waals surface area contributed by atoms with E-state index in [0.29, 0.717) is 16.8 Å². The van der Waals surface area contributed by atoms with Crippen LogP contribution in [0.4, 0.5) is 14.9 Å². The predicted molar refractivity (Wildman–Crippen MR) is 117 cm³/mol. The van der Waals surface area contributed by atoms with Crippen molar-refractivity contribution in [2.45, 2.75) is 20.4 Å². The number of nitrogens with one attached hydrogen (secondary N) is 1. The largest absolute Gasteiger partial charge is 0.451 e. The lowest BCUT2D eigenvalue weighted by atomic mass is 10.1. The Morgan fingerprint density at radius 1 is 1.10 bits per heavy atom. The summed E-state index contributed by atoms with van der Waals surface area (Å²) in [7, 11) is 1.22. The van der Waals surface area contributed by atoms with Crippen molar-refractivity contribution >= 4 is 23.5 Å². The standard InChI is InChI=1S/C23H23FN4O3/c1-14-12-20(15(2)26-14)22(29)28(19-10-8-18(24)9-11-19)13-16-4-6-17(7-5-16)21(25)27-23(30)31-3/h4-12,26H,13H2,1-3H3,(H2,25,27,30). The van der Waals surface area contributed by atoms with Gasteiger partial charge in [0.15, 0.2) is 0 Å². The molecule has 0 aliphatic heterocycles. The van der Waals surface area contributed by atoms with E-state index in [1.165, 1.54) is 19.2 Å². The first-order valence-corrected chi connectivity index (χ1v) is 9.53. The third-order valence-corrected chi connectivity index (χ3v) is 4.74. The molecule has 0 spiro atoms. The number of amidine groups is 1. The molecule has 0 fully saturated rings. The van der Waals surface area contributed by atoms with Gasteiger partial charge in [-0.15, -0.1) is 0 Å². The topological polar surface area (TPSA) is 101 Å². The maximum atomic E-state index is 13.4. The van der Waals surface area contributed by atoms with E-state index in [1.807, 2.05) is 13.8 Å². The zero-order valence-electron chi connectivity index (χ0n) is 17.5. The van der Waals surface area contributed by atoms with Crippen molar-refractivity contribution in [3.8, 4) is 0 Å². The van der Waals surface area contributed by atoms with Crippen LogP contribution in [0, 0.1) is 19.7 Å². The fourth-order valence-electron chi connectivity index (χ4n) is 3.16. The van der Waals surface area contributed by atoms with E-state index in [1.54, 1.807) is 47.4 Å². The van der Waals surface area contributed by atoms with Crippen LogP contribution in [0.25, 0.3) is 0 Å². The summed E-state index contributed by atoms with van der Waals surface area (Å²) >= 11 is 0. The summed E-state index contributed by atoms with van der Waals surface area (Å²) in [5.41, 5.74) is 9.94. The predicted octanol–water partition coefficient (Wildman–Crippen LogP) is 4.09. The first-order chi connectivity index (χ1) is 14.8. The van der Waals surface area contributed by atoms with Crippen molar-refractivity contribution < 1.29 is 18.7 Å². The lowest BCUT2D eigenvalue weighted by molar-refractivity contribution is 0.0984. The number of aryl methyl sites for hydroxylation is 2. The molecule has 3 rings (SSSR count). The number of hydrogen-bond acceptors (Lipinski definition) is 3. The van der Waals surface area contributed by atoms with Gasteiger partial charge >= 0.3 is 6.09 Å². The molecule has 0 radical (unpaired) electrons. The zero-order valence-corrected chi connectivity index (χ0v) is 17.5. The third-order valence-electron chi connectivity index (χ3n) is 4.74. The number of aliphatic imine (C=N–C) groups is 1. The Balaban J connectivity index is 1.91. The maximum Gasteiger partial charge on any atom is 0.435 e. The molecule has 0 saturated carbocycles. The number of rotatable bonds is 5. The molecule has 3 aromatic rings. The number of anilines is 1. The van der Waals surface area contributed by atoms with Gasteiger partial charge in [-0.1, -0.05) is 24.3 Å². The number of hydrogen-bond donors (Lipinski definition) is 2. The fourth-order valence-corrected chi connectivity index (χ4v) is 3.16. The Labute approximate surface area is 179 Å². The van der Waals surface area contributed by atoms with E-state index < -0.39 is 6.09 Å². The van der Waals surface area contributed by atoms with Crippen LogP contribution >= 0.6 is 0 Å². The number of halogens is 1. The molecule has 0 bridgehead atoms. The summed E-state index contributed by atoms with van der Waals surface area (Å²) in [4.78, 5) is 32.9. The van der Waals surface area contributed by atoms with Crippen molar-refractivity contribution in [2.75, 3.05) is 12.0 Å². The van der Waals surface area contributed by atoms with Crippen LogP contribution < -0.4 is 10.6 Å². The number of carbonyl (C=O) groups excluding carboxylic acids is 2. The highest BCUT2D eigenvalue weighted by molar-refractivity contribution is 6.07. The van der Waals surface area contributed by atoms with Crippen LogP contribution in [0.15, 0.2) is 59.6 Å². The number of amides is 2. The minimum atomic E-state index is -0.785. The van der Waals surface area contributed by atoms with Crippen LogP contribution in [0.5, 0.6) is 0 Å². The Hall–Kier alpha value is -3.94. The lowest BCUT2D eigenvalue weighted by Gasteiger charge is -2.23. The first kappa shape index (κ1) is 21.8. The summed E-state index contributed by atoms with van der Waals surface area (Å²) < 4.78 is 17.9. The van der Waals surface area contributed by atoms with Crippen LogP contribution in [0.3, 0.4) is 0 Å². The van der Waals surface area contributed by atoms with Crippen molar-refractivity contribution in [2.24, 2.45) is 10.7 Å². The van der Waals surface area contributed by atoms with Crippen LogP contribution in [-0.4, -0.2) is 29.9 Å². The Morgan fingerprint density at radius 3 is 2.29 bits per heavy atom. The number of aromatic amines is 1. The third kappa shape index (κ3) is 5.16. The lowest BCUT2D eigenvalue weighted by Crippen LogP contribution is -2.30. The number of nitrogens with two attached hydrogens (primary N) is 1. The summed E-state index contributed by atoms with van der Waals surface area (Å²) in [5, 5.41) is 0. The summed E-state index contributed by atoms with van der Waals surface area (Å²) in [6, 6.07) is 14.5. The Kier molecular flexibility index (Phi) is 6.49. The number of carbonyl (C=O) groups is 2. The first-order valence-electron chi connectivity index (χ1n) is 9.53. The van der Waals surface area contributed by atoms with Crippen molar-refractivity contribution in [1.82, 2.24) is 4.98 Å². The van der Waals surface area contributed by atoms with E-state index >= 15 is 0 Å². The SMILES string of the molecule is COC(=O)/N=C(/N)c1ccc(CN(C(=O)c2cc(C)[nH]c2C)c2ccc(F)cc2)cc1. The number of benzene rings is 2. The van der Waals surface area contributed by atoms with Crippen LogP contribution in [0.1, 0.15) is 32.9 Å². The Bertz CT molecular complexity index is 1120. The van der Waals surface area contributed by atoms with Crippen LogP contribution in [0.2, 0.25) is 0 Å². The van der Waals surface area contributed by atoms with E-state index in [0.717, 1.165) is 17.0 Å². The molecule has 7 nitrogen and oxygen atoms in total. The number of H-pyrrole nitrogens is 1. The van der Waals surface area contributed by atoms with Gasteiger partial charge in [-0.2, -0.15) is 4.99 Å². The quantitative estimate of drug-likeness (QED) is 0.478. The Morgan fingerprint density at radius 2 is 1.74 bits per heavy atom. The number of nitrogens with zero attached hydrogens (tertiary/aromatic N) is 2. The molecule has 1 heterocycles. The number of aromatic nitrogens is 1. The van der Waals surface area contributed by atoms with Gasteiger partial charge in [0.2, 0.25) is 0 Å². The molecule has 0 unspecified atom stereocenters. The molecule has 31 heavy (non-hydrogen) atoms. The van der Waals surface area contributed by atoms with Crippen LogP contribution in [-0.2, 0) is 11.3 Å². The van der Waals surface area contributed by atoms with Gasteiger partial charge in [0.05, 0.1) is 19.2 Å². The van der Waals surface area contributed by atoms with E-state index in [9.17, 15) is 14.0 Å². The van der Waals surface area contributed by atoms with Gasteiger partial charge in [-0.05, 0) is 49.7 Å². The highest BCUT2D eigenvalue weighted by Gasteiger charge is 2.21. The molecule has 0 saturated heterocycles. The average Bonchev–Trinajstić information content (AvgIpc) is 3.10. The van der Waals surface area contributed by atoms with E-state index in [4.69, 9.17) is 5.73 Å². The second-order valence-corrected chi connectivity index (χ2v) is 7.02. The van der Waals surface area contributed by atoms with Gasteiger partial charge in [-0.25, -0.2) is 9.18 Å². The average molecular weight is 422 g/mol. The molecule has 1 aromatic heterocycles.